The Hall–Kier alpha value is -1.77. The van der Waals surface area contributed by atoms with Crippen molar-refractivity contribution in [2.45, 2.75) is 39.5 Å². The lowest BCUT2D eigenvalue weighted by atomic mass is 9.81. The maximum Gasteiger partial charge on any atom is 0.308 e. The fraction of sp³-hybridized carbons (Fsp3) is 0.400. The van der Waals surface area contributed by atoms with Gasteiger partial charge in [0.1, 0.15) is 11.5 Å². The minimum absolute atomic E-state index is 0.204. The molecule has 0 aliphatic rings. The van der Waals surface area contributed by atoms with Crippen LogP contribution in [0.25, 0.3) is 0 Å². The second-order valence-corrected chi connectivity index (χ2v) is 5.27. The number of carbonyl (C=O) groups excluding carboxylic acids is 1. The third-order valence-corrected chi connectivity index (χ3v) is 2.60. The highest BCUT2D eigenvalue weighted by Crippen LogP contribution is 2.39. The Labute approximate surface area is 108 Å². The summed E-state index contributed by atoms with van der Waals surface area (Å²) in [5, 5.41) is 9.96. The summed E-state index contributed by atoms with van der Waals surface area (Å²) in [6, 6.07) is 3.18. The molecular formula is C15H20O3. The van der Waals surface area contributed by atoms with E-state index in [0.29, 0.717) is 12.2 Å². The summed E-state index contributed by atoms with van der Waals surface area (Å²) in [7, 11) is 0. The molecule has 0 fully saturated rings. The van der Waals surface area contributed by atoms with Gasteiger partial charge in [0, 0.05) is 18.1 Å². The monoisotopic (exact) mass is 248 g/mol. The van der Waals surface area contributed by atoms with Gasteiger partial charge in [-0.1, -0.05) is 26.8 Å². The van der Waals surface area contributed by atoms with Gasteiger partial charge in [-0.2, -0.15) is 0 Å². The van der Waals surface area contributed by atoms with E-state index in [1.807, 2.05) is 20.8 Å². The third-order valence-electron chi connectivity index (χ3n) is 2.60. The molecule has 0 aliphatic carbocycles. The summed E-state index contributed by atoms with van der Waals surface area (Å²) in [5.74, 6) is 0.344. The first-order valence-corrected chi connectivity index (χ1v) is 5.92. The standard InChI is InChI=1S/C15H20O3/c1-6-7-11-12(17)8-9-13(18-10(2)16)14(11)15(3,4)5/h6,8-9,17H,1,7H2,2-5H3. The lowest BCUT2D eigenvalue weighted by molar-refractivity contribution is -0.131. The van der Waals surface area contributed by atoms with Crippen molar-refractivity contribution < 1.29 is 14.6 Å². The number of hydrogen-bond donors (Lipinski definition) is 1. The number of allylic oxidation sites excluding steroid dienone is 1. The van der Waals surface area contributed by atoms with Crippen molar-refractivity contribution in [1.29, 1.82) is 0 Å². The number of hydrogen-bond acceptors (Lipinski definition) is 3. The molecule has 1 rings (SSSR count). The van der Waals surface area contributed by atoms with Crippen LogP contribution in [0.3, 0.4) is 0 Å². The van der Waals surface area contributed by atoms with Crippen LogP contribution in [-0.2, 0) is 16.6 Å². The van der Waals surface area contributed by atoms with Crippen molar-refractivity contribution >= 4 is 5.97 Å². The van der Waals surface area contributed by atoms with E-state index >= 15 is 0 Å². The number of benzene rings is 1. The third kappa shape index (κ3) is 3.13. The Morgan fingerprint density at radius 1 is 1.44 bits per heavy atom. The van der Waals surface area contributed by atoms with E-state index in [1.165, 1.54) is 6.92 Å². The molecule has 0 aromatic heterocycles. The summed E-state index contributed by atoms with van der Waals surface area (Å²) in [6.45, 7) is 11.1. The molecule has 0 saturated carbocycles. The highest BCUT2D eigenvalue weighted by atomic mass is 16.5. The first kappa shape index (κ1) is 14.3. The van der Waals surface area contributed by atoms with Crippen LogP contribution < -0.4 is 4.74 Å². The number of rotatable bonds is 3. The van der Waals surface area contributed by atoms with E-state index < -0.39 is 0 Å². The van der Waals surface area contributed by atoms with E-state index in [2.05, 4.69) is 6.58 Å². The second-order valence-electron chi connectivity index (χ2n) is 5.27. The van der Waals surface area contributed by atoms with Crippen LogP contribution >= 0.6 is 0 Å². The largest absolute Gasteiger partial charge is 0.508 e. The summed E-state index contributed by atoms with van der Waals surface area (Å²) in [4.78, 5) is 11.1. The van der Waals surface area contributed by atoms with E-state index in [4.69, 9.17) is 4.74 Å². The van der Waals surface area contributed by atoms with E-state index in [0.717, 1.165) is 11.1 Å². The molecule has 98 valence electrons. The van der Waals surface area contributed by atoms with Crippen molar-refractivity contribution in [2.24, 2.45) is 0 Å². The molecule has 3 heteroatoms. The van der Waals surface area contributed by atoms with E-state index in [1.54, 1.807) is 18.2 Å². The summed E-state index contributed by atoms with van der Waals surface area (Å²) >= 11 is 0. The topological polar surface area (TPSA) is 46.5 Å². The van der Waals surface area contributed by atoms with Crippen LogP contribution in [0.2, 0.25) is 0 Å². The average molecular weight is 248 g/mol. The quantitative estimate of drug-likeness (QED) is 0.507. The van der Waals surface area contributed by atoms with Gasteiger partial charge >= 0.3 is 5.97 Å². The van der Waals surface area contributed by atoms with Crippen molar-refractivity contribution in [3.05, 3.63) is 35.9 Å². The highest BCUT2D eigenvalue weighted by molar-refractivity contribution is 5.70. The molecule has 0 amide bonds. The molecule has 1 aromatic carbocycles. The Bertz CT molecular complexity index is 467. The van der Waals surface area contributed by atoms with Gasteiger partial charge in [0.05, 0.1) is 0 Å². The summed E-state index contributed by atoms with van der Waals surface area (Å²) in [6.07, 6.45) is 2.26. The molecule has 0 saturated heterocycles. The molecule has 1 N–H and O–H groups in total. The van der Waals surface area contributed by atoms with Crippen LogP contribution in [0.5, 0.6) is 11.5 Å². The minimum Gasteiger partial charge on any atom is -0.508 e. The zero-order valence-electron chi connectivity index (χ0n) is 11.4. The fourth-order valence-corrected chi connectivity index (χ4v) is 2.03. The maximum absolute atomic E-state index is 11.1. The SMILES string of the molecule is C=CCc1c(O)ccc(OC(C)=O)c1C(C)(C)C. The molecule has 0 bridgehead atoms. The second kappa shape index (κ2) is 5.25. The van der Waals surface area contributed by atoms with E-state index in [9.17, 15) is 9.90 Å². The van der Waals surface area contributed by atoms with Crippen LogP contribution in [-0.4, -0.2) is 11.1 Å². The van der Waals surface area contributed by atoms with Gasteiger partial charge in [-0.05, 0) is 24.0 Å². The predicted octanol–water partition coefficient (Wildman–Crippen LogP) is 3.34. The number of phenolic OH excluding ortho intramolecular Hbond substituents is 1. The number of ether oxygens (including phenoxy) is 1. The van der Waals surface area contributed by atoms with Crippen LogP contribution in [0.15, 0.2) is 24.8 Å². The van der Waals surface area contributed by atoms with Crippen LogP contribution in [0, 0.1) is 0 Å². The Balaban J connectivity index is 3.48. The lowest BCUT2D eigenvalue weighted by Crippen LogP contribution is -2.17. The average Bonchev–Trinajstić information content (AvgIpc) is 2.20. The molecule has 0 heterocycles. The summed E-state index contributed by atoms with van der Waals surface area (Å²) in [5.41, 5.74) is 1.37. The maximum atomic E-state index is 11.1. The summed E-state index contributed by atoms with van der Waals surface area (Å²) < 4.78 is 5.23. The first-order valence-electron chi connectivity index (χ1n) is 5.92. The molecular weight excluding hydrogens is 228 g/mol. The van der Waals surface area contributed by atoms with Crippen LogP contribution in [0.4, 0.5) is 0 Å². The molecule has 3 nitrogen and oxygen atoms in total. The number of aromatic hydroxyl groups is 1. The van der Waals surface area contributed by atoms with Gasteiger partial charge in [-0.25, -0.2) is 0 Å². The lowest BCUT2D eigenvalue weighted by Gasteiger charge is -2.25. The molecule has 0 atom stereocenters. The number of carbonyl (C=O) groups is 1. The van der Waals surface area contributed by atoms with Crippen molar-refractivity contribution in [3.8, 4) is 11.5 Å². The molecule has 0 unspecified atom stereocenters. The predicted molar refractivity (Wildman–Crippen MR) is 72.0 cm³/mol. The van der Waals surface area contributed by atoms with Gasteiger partial charge in [0.2, 0.25) is 0 Å². The Morgan fingerprint density at radius 2 is 2.06 bits per heavy atom. The normalized spacial score (nSPS) is 11.1. The fourth-order valence-electron chi connectivity index (χ4n) is 2.03. The zero-order chi connectivity index (χ0) is 13.9. The van der Waals surface area contributed by atoms with Crippen LogP contribution in [0.1, 0.15) is 38.8 Å². The molecule has 0 spiro atoms. The van der Waals surface area contributed by atoms with Crippen molar-refractivity contribution in [2.75, 3.05) is 0 Å². The Kier molecular flexibility index (Phi) is 4.17. The van der Waals surface area contributed by atoms with Gasteiger partial charge in [0.15, 0.2) is 0 Å². The first-order chi connectivity index (χ1) is 8.27. The van der Waals surface area contributed by atoms with Gasteiger partial charge in [0.25, 0.3) is 0 Å². The minimum atomic E-state index is -0.365. The van der Waals surface area contributed by atoms with Gasteiger partial charge < -0.3 is 9.84 Å². The van der Waals surface area contributed by atoms with Gasteiger partial charge in [-0.15, -0.1) is 6.58 Å². The highest BCUT2D eigenvalue weighted by Gasteiger charge is 2.25. The smallest absolute Gasteiger partial charge is 0.308 e. The van der Waals surface area contributed by atoms with Crippen molar-refractivity contribution in [1.82, 2.24) is 0 Å². The van der Waals surface area contributed by atoms with E-state index in [-0.39, 0.29) is 17.1 Å². The molecule has 0 aliphatic heterocycles. The molecule has 0 radical (unpaired) electrons. The number of esters is 1. The van der Waals surface area contributed by atoms with Crippen molar-refractivity contribution in [3.63, 3.8) is 0 Å². The van der Waals surface area contributed by atoms with Gasteiger partial charge in [-0.3, -0.25) is 4.79 Å². The Morgan fingerprint density at radius 3 is 2.50 bits per heavy atom. The zero-order valence-corrected chi connectivity index (χ0v) is 11.4. The molecule has 18 heavy (non-hydrogen) atoms. The molecule has 1 aromatic rings. The number of phenols is 1.